The molecule has 1 aliphatic carbocycles. The Morgan fingerprint density at radius 3 is 2.61 bits per heavy atom. The normalized spacial score (nSPS) is 19.3. The first-order valence-corrected chi connectivity index (χ1v) is 7.79. The van der Waals surface area contributed by atoms with Crippen LogP contribution in [0.1, 0.15) is 42.8 Å². The van der Waals surface area contributed by atoms with Gasteiger partial charge in [-0.05, 0) is 33.9 Å². The molecule has 0 unspecified atom stereocenters. The summed E-state index contributed by atoms with van der Waals surface area (Å²) in [5, 5.41) is 6.93. The van der Waals surface area contributed by atoms with Gasteiger partial charge in [0.1, 0.15) is 0 Å². The van der Waals surface area contributed by atoms with Crippen molar-refractivity contribution in [3.05, 3.63) is 16.1 Å². The summed E-state index contributed by atoms with van der Waals surface area (Å²) in [6.45, 7) is 4.05. The molecule has 0 atom stereocenters. The third kappa shape index (κ3) is 3.31. The molecule has 4 heteroatoms. The van der Waals surface area contributed by atoms with Crippen molar-refractivity contribution in [1.29, 1.82) is 0 Å². The van der Waals surface area contributed by atoms with Gasteiger partial charge in [-0.15, -0.1) is 11.3 Å². The minimum atomic E-state index is 0.364. The van der Waals surface area contributed by atoms with Crippen LogP contribution in [0, 0.1) is 6.92 Å². The van der Waals surface area contributed by atoms with Crippen molar-refractivity contribution in [2.45, 2.75) is 51.1 Å². The van der Waals surface area contributed by atoms with E-state index in [1.807, 2.05) is 0 Å². The van der Waals surface area contributed by atoms with E-state index in [-0.39, 0.29) is 0 Å². The topological polar surface area (TPSA) is 28.2 Å². The standard InChI is InChI=1S/C14H25N3S/c1-12-16-13(10-18-12)9-15-11-14(17(2)3)7-5-4-6-8-14/h10,15H,4-9,11H2,1-3H3. The fraction of sp³-hybridized carbons (Fsp3) is 0.786. The lowest BCUT2D eigenvalue weighted by molar-refractivity contribution is 0.0983. The van der Waals surface area contributed by atoms with Gasteiger partial charge >= 0.3 is 0 Å². The maximum Gasteiger partial charge on any atom is 0.0897 e. The van der Waals surface area contributed by atoms with Gasteiger partial charge in [0, 0.05) is 24.0 Å². The lowest BCUT2D eigenvalue weighted by Crippen LogP contribution is -2.52. The molecule has 18 heavy (non-hydrogen) atoms. The Hall–Kier alpha value is -0.450. The molecule has 1 N–H and O–H groups in total. The highest BCUT2D eigenvalue weighted by Crippen LogP contribution is 2.31. The SMILES string of the molecule is Cc1nc(CNCC2(N(C)C)CCCCC2)cs1. The number of nitrogens with zero attached hydrogens (tertiary/aromatic N) is 2. The van der Waals surface area contributed by atoms with Gasteiger partial charge in [0.25, 0.3) is 0 Å². The average Bonchev–Trinajstić information content (AvgIpc) is 2.76. The molecular weight excluding hydrogens is 242 g/mol. The highest BCUT2D eigenvalue weighted by Gasteiger charge is 2.33. The quantitative estimate of drug-likeness (QED) is 0.889. The Labute approximate surface area is 115 Å². The van der Waals surface area contributed by atoms with Crippen molar-refractivity contribution in [1.82, 2.24) is 15.2 Å². The highest BCUT2D eigenvalue weighted by molar-refractivity contribution is 7.09. The molecule has 0 aliphatic heterocycles. The van der Waals surface area contributed by atoms with Gasteiger partial charge in [0.2, 0.25) is 0 Å². The molecule has 1 aromatic heterocycles. The Morgan fingerprint density at radius 1 is 1.33 bits per heavy atom. The summed E-state index contributed by atoms with van der Waals surface area (Å²) < 4.78 is 0. The number of hydrogen-bond donors (Lipinski definition) is 1. The molecule has 102 valence electrons. The van der Waals surface area contributed by atoms with Crippen LogP contribution < -0.4 is 5.32 Å². The van der Waals surface area contributed by atoms with Crippen LogP contribution in [0.3, 0.4) is 0 Å². The molecule has 0 aromatic carbocycles. The predicted octanol–water partition coefficient (Wildman–Crippen LogP) is 2.81. The monoisotopic (exact) mass is 267 g/mol. The van der Waals surface area contributed by atoms with Gasteiger partial charge in [0.05, 0.1) is 10.7 Å². The molecule has 0 saturated heterocycles. The smallest absolute Gasteiger partial charge is 0.0897 e. The number of rotatable bonds is 5. The molecule has 2 rings (SSSR count). The highest BCUT2D eigenvalue weighted by atomic mass is 32.1. The zero-order chi connectivity index (χ0) is 13.0. The summed E-state index contributed by atoms with van der Waals surface area (Å²) in [4.78, 5) is 6.93. The molecule has 1 fully saturated rings. The predicted molar refractivity (Wildman–Crippen MR) is 78.1 cm³/mol. The third-order valence-corrected chi connectivity index (χ3v) is 4.98. The summed E-state index contributed by atoms with van der Waals surface area (Å²) in [7, 11) is 4.44. The minimum Gasteiger partial charge on any atom is -0.309 e. The van der Waals surface area contributed by atoms with Gasteiger partial charge in [-0.1, -0.05) is 19.3 Å². The van der Waals surface area contributed by atoms with Crippen molar-refractivity contribution in [2.75, 3.05) is 20.6 Å². The van der Waals surface area contributed by atoms with E-state index in [0.717, 1.165) is 18.1 Å². The van der Waals surface area contributed by atoms with E-state index in [2.05, 4.69) is 41.6 Å². The summed E-state index contributed by atoms with van der Waals surface area (Å²) in [6.07, 6.45) is 6.79. The Bertz CT molecular complexity index is 367. The van der Waals surface area contributed by atoms with E-state index in [4.69, 9.17) is 0 Å². The minimum absolute atomic E-state index is 0.364. The molecule has 3 nitrogen and oxygen atoms in total. The van der Waals surface area contributed by atoms with Crippen LogP contribution in [0.5, 0.6) is 0 Å². The molecule has 0 spiro atoms. The molecule has 1 heterocycles. The van der Waals surface area contributed by atoms with Gasteiger partial charge in [-0.25, -0.2) is 4.98 Å². The van der Waals surface area contributed by atoms with E-state index in [1.165, 1.54) is 37.8 Å². The van der Waals surface area contributed by atoms with Crippen molar-refractivity contribution >= 4 is 11.3 Å². The molecule has 0 amide bonds. The summed E-state index contributed by atoms with van der Waals surface area (Å²) in [5.74, 6) is 0. The van der Waals surface area contributed by atoms with Crippen LogP contribution in [0.2, 0.25) is 0 Å². The van der Waals surface area contributed by atoms with E-state index < -0.39 is 0 Å². The Morgan fingerprint density at radius 2 is 2.06 bits per heavy atom. The second-order valence-corrected chi connectivity index (χ2v) is 6.70. The van der Waals surface area contributed by atoms with E-state index in [9.17, 15) is 0 Å². The Balaban J connectivity index is 1.86. The summed E-state index contributed by atoms with van der Waals surface area (Å²) in [6, 6.07) is 0. The maximum atomic E-state index is 4.50. The molecule has 1 saturated carbocycles. The molecule has 1 aliphatic rings. The second-order valence-electron chi connectivity index (χ2n) is 5.64. The number of thiazole rings is 1. The van der Waals surface area contributed by atoms with Gasteiger partial charge in [-0.3, -0.25) is 0 Å². The number of likely N-dealkylation sites (N-methyl/N-ethyl adjacent to an activating group) is 1. The van der Waals surface area contributed by atoms with Crippen LogP contribution in [0.4, 0.5) is 0 Å². The van der Waals surface area contributed by atoms with E-state index in [0.29, 0.717) is 5.54 Å². The fourth-order valence-corrected chi connectivity index (χ4v) is 3.52. The van der Waals surface area contributed by atoms with Gasteiger partial charge in [0.15, 0.2) is 0 Å². The average molecular weight is 267 g/mol. The molecular formula is C14H25N3S. The number of aromatic nitrogens is 1. The van der Waals surface area contributed by atoms with Crippen LogP contribution in [0.25, 0.3) is 0 Å². The van der Waals surface area contributed by atoms with Crippen LogP contribution in [0.15, 0.2) is 5.38 Å². The lowest BCUT2D eigenvalue weighted by atomic mass is 9.80. The van der Waals surface area contributed by atoms with E-state index in [1.54, 1.807) is 11.3 Å². The zero-order valence-corrected chi connectivity index (χ0v) is 12.6. The van der Waals surface area contributed by atoms with E-state index >= 15 is 0 Å². The van der Waals surface area contributed by atoms with Crippen LogP contribution in [-0.2, 0) is 6.54 Å². The molecule has 0 radical (unpaired) electrons. The van der Waals surface area contributed by atoms with Crippen molar-refractivity contribution < 1.29 is 0 Å². The number of nitrogens with one attached hydrogen (secondary N) is 1. The fourth-order valence-electron chi connectivity index (χ4n) is 2.90. The molecule has 0 bridgehead atoms. The first-order valence-electron chi connectivity index (χ1n) is 6.92. The van der Waals surface area contributed by atoms with Gasteiger partial charge in [-0.2, -0.15) is 0 Å². The first kappa shape index (κ1) is 14.0. The second kappa shape index (κ2) is 6.13. The molecule has 1 aromatic rings. The van der Waals surface area contributed by atoms with Crippen LogP contribution in [-0.4, -0.2) is 36.1 Å². The summed E-state index contributed by atoms with van der Waals surface area (Å²) >= 11 is 1.73. The maximum absolute atomic E-state index is 4.50. The third-order valence-electron chi connectivity index (χ3n) is 4.16. The first-order chi connectivity index (χ1) is 8.62. The summed E-state index contributed by atoms with van der Waals surface area (Å²) in [5.41, 5.74) is 1.55. The van der Waals surface area contributed by atoms with Crippen molar-refractivity contribution in [3.8, 4) is 0 Å². The van der Waals surface area contributed by atoms with Crippen LogP contribution >= 0.6 is 11.3 Å². The Kier molecular flexibility index (Phi) is 4.76. The number of aryl methyl sites for hydroxylation is 1. The van der Waals surface area contributed by atoms with Crippen molar-refractivity contribution in [3.63, 3.8) is 0 Å². The zero-order valence-electron chi connectivity index (χ0n) is 11.8. The number of hydrogen-bond acceptors (Lipinski definition) is 4. The largest absolute Gasteiger partial charge is 0.309 e. The van der Waals surface area contributed by atoms with Crippen molar-refractivity contribution in [2.24, 2.45) is 0 Å². The van der Waals surface area contributed by atoms with Gasteiger partial charge < -0.3 is 10.2 Å². The lowest BCUT2D eigenvalue weighted by Gasteiger charge is -2.43.